The van der Waals surface area contributed by atoms with E-state index in [1.165, 1.54) is 0 Å². The van der Waals surface area contributed by atoms with Gasteiger partial charge in [-0.1, -0.05) is 28.1 Å². The third-order valence-corrected chi connectivity index (χ3v) is 5.00. The van der Waals surface area contributed by atoms with E-state index in [1.54, 1.807) is 0 Å². The van der Waals surface area contributed by atoms with Crippen LogP contribution in [0.1, 0.15) is 0 Å². The van der Waals surface area contributed by atoms with E-state index < -0.39 is 0 Å². The van der Waals surface area contributed by atoms with Crippen molar-refractivity contribution in [3.63, 3.8) is 0 Å². The number of halogens is 1. The summed E-state index contributed by atoms with van der Waals surface area (Å²) in [6, 6.07) is 10.2. The van der Waals surface area contributed by atoms with Crippen LogP contribution in [-0.2, 0) is 9.47 Å². The fraction of sp³-hybridized carbons (Fsp3) is 0.444. The first-order valence-corrected chi connectivity index (χ1v) is 9.39. The number of benzene rings is 1. The van der Waals surface area contributed by atoms with Crippen molar-refractivity contribution in [1.29, 1.82) is 0 Å². The predicted molar refractivity (Wildman–Crippen MR) is 101 cm³/mol. The molecule has 25 heavy (non-hydrogen) atoms. The molecule has 0 aliphatic carbocycles. The summed E-state index contributed by atoms with van der Waals surface area (Å²) in [5, 5.41) is 0. The third-order valence-electron chi connectivity index (χ3n) is 4.47. The Balaban J connectivity index is 1.72. The van der Waals surface area contributed by atoms with Gasteiger partial charge >= 0.3 is 0 Å². The fourth-order valence-electron chi connectivity index (χ4n) is 3.06. The van der Waals surface area contributed by atoms with Gasteiger partial charge in [0.2, 0.25) is 0 Å². The van der Waals surface area contributed by atoms with Crippen molar-refractivity contribution in [2.24, 2.45) is 0 Å². The van der Waals surface area contributed by atoms with Crippen molar-refractivity contribution in [3.8, 4) is 11.4 Å². The molecule has 0 saturated carbocycles. The number of morpholine rings is 2. The van der Waals surface area contributed by atoms with E-state index >= 15 is 0 Å². The van der Waals surface area contributed by atoms with Crippen LogP contribution in [0.3, 0.4) is 0 Å². The lowest BCUT2D eigenvalue weighted by molar-refractivity contribution is 0.122. The highest BCUT2D eigenvalue weighted by Gasteiger charge is 2.19. The van der Waals surface area contributed by atoms with Crippen molar-refractivity contribution in [3.05, 3.63) is 34.8 Å². The summed E-state index contributed by atoms with van der Waals surface area (Å²) in [5.41, 5.74) is 1.02. The van der Waals surface area contributed by atoms with Gasteiger partial charge in [-0.15, -0.1) is 0 Å². The van der Waals surface area contributed by atoms with Crippen molar-refractivity contribution in [2.45, 2.75) is 0 Å². The maximum atomic E-state index is 5.48. The van der Waals surface area contributed by atoms with Gasteiger partial charge in [0.05, 0.1) is 26.4 Å². The molecule has 2 aliphatic heterocycles. The van der Waals surface area contributed by atoms with E-state index in [0.29, 0.717) is 0 Å². The van der Waals surface area contributed by atoms with Crippen molar-refractivity contribution in [2.75, 3.05) is 62.4 Å². The molecule has 0 unspecified atom stereocenters. The molecule has 0 amide bonds. The number of aromatic nitrogens is 2. The van der Waals surface area contributed by atoms with E-state index in [4.69, 9.17) is 19.4 Å². The number of hydrogen-bond donors (Lipinski definition) is 0. The zero-order valence-corrected chi connectivity index (χ0v) is 15.6. The van der Waals surface area contributed by atoms with Crippen LogP contribution >= 0.6 is 15.9 Å². The van der Waals surface area contributed by atoms with E-state index in [9.17, 15) is 0 Å². The van der Waals surface area contributed by atoms with Gasteiger partial charge < -0.3 is 19.3 Å². The highest BCUT2D eigenvalue weighted by Crippen LogP contribution is 2.26. The molecule has 3 heterocycles. The normalized spacial score (nSPS) is 18.4. The number of ether oxygens (including phenoxy) is 2. The number of nitrogens with zero attached hydrogens (tertiary/aromatic N) is 4. The van der Waals surface area contributed by atoms with Crippen LogP contribution in [-0.4, -0.2) is 62.6 Å². The van der Waals surface area contributed by atoms with Crippen LogP contribution < -0.4 is 9.80 Å². The van der Waals surface area contributed by atoms with Gasteiger partial charge in [0.15, 0.2) is 5.82 Å². The summed E-state index contributed by atoms with van der Waals surface area (Å²) in [6.45, 7) is 6.40. The minimum Gasteiger partial charge on any atom is -0.378 e. The maximum Gasteiger partial charge on any atom is 0.163 e. The van der Waals surface area contributed by atoms with Crippen molar-refractivity contribution in [1.82, 2.24) is 9.97 Å². The van der Waals surface area contributed by atoms with Gasteiger partial charge in [-0.2, -0.15) is 0 Å². The predicted octanol–water partition coefficient (Wildman–Crippen LogP) is 2.58. The average Bonchev–Trinajstić information content (AvgIpc) is 2.69. The largest absolute Gasteiger partial charge is 0.378 e. The molecule has 132 valence electrons. The second-order valence-corrected chi connectivity index (χ2v) is 7.03. The summed E-state index contributed by atoms with van der Waals surface area (Å²) >= 11 is 3.49. The van der Waals surface area contributed by atoms with Gasteiger partial charge in [-0.3, -0.25) is 0 Å². The first-order valence-electron chi connectivity index (χ1n) is 8.60. The highest BCUT2D eigenvalue weighted by molar-refractivity contribution is 9.10. The molecule has 2 saturated heterocycles. The summed E-state index contributed by atoms with van der Waals surface area (Å²) < 4.78 is 12.0. The van der Waals surface area contributed by atoms with E-state index in [-0.39, 0.29) is 0 Å². The van der Waals surface area contributed by atoms with Gasteiger partial charge in [-0.25, -0.2) is 9.97 Å². The lowest BCUT2D eigenvalue weighted by Gasteiger charge is -2.31. The van der Waals surface area contributed by atoms with Crippen LogP contribution in [0.4, 0.5) is 11.6 Å². The SMILES string of the molecule is Brc1ccc(-c2nc(N3CCOCC3)cc(N3CCOCC3)n2)cc1. The Morgan fingerprint density at radius 2 is 1.24 bits per heavy atom. The smallest absolute Gasteiger partial charge is 0.163 e. The Labute approximate surface area is 155 Å². The number of rotatable bonds is 3. The summed E-state index contributed by atoms with van der Waals surface area (Å²) in [7, 11) is 0. The zero-order chi connectivity index (χ0) is 17.1. The van der Waals surface area contributed by atoms with Crippen LogP contribution in [0.15, 0.2) is 34.8 Å². The summed E-state index contributed by atoms with van der Waals surface area (Å²) in [4.78, 5) is 14.2. The quantitative estimate of drug-likeness (QED) is 0.783. The van der Waals surface area contributed by atoms with Gasteiger partial charge in [-0.05, 0) is 12.1 Å². The third kappa shape index (κ3) is 3.94. The van der Waals surface area contributed by atoms with Crippen LogP contribution in [0.5, 0.6) is 0 Å². The lowest BCUT2D eigenvalue weighted by atomic mass is 10.2. The molecule has 0 radical (unpaired) electrons. The molecule has 0 atom stereocenters. The van der Waals surface area contributed by atoms with Gasteiger partial charge in [0.25, 0.3) is 0 Å². The van der Waals surface area contributed by atoms with Gasteiger partial charge in [0.1, 0.15) is 11.6 Å². The lowest BCUT2D eigenvalue weighted by Crippen LogP contribution is -2.38. The second kappa shape index (κ2) is 7.68. The molecular formula is C18H21BrN4O2. The van der Waals surface area contributed by atoms with E-state index in [0.717, 1.165) is 80.1 Å². The minimum absolute atomic E-state index is 0.741. The average molecular weight is 405 g/mol. The molecule has 2 aliphatic rings. The molecule has 1 aromatic heterocycles. The van der Waals surface area contributed by atoms with Crippen LogP contribution in [0, 0.1) is 0 Å². The number of anilines is 2. The molecule has 2 aromatic rings. The monoisotopic (exact) mass is 404 g/mol. The summed E-state index contributed by atoms with van der Waals surface area (Å²) in [6.07, 6.45) is 0. The Morgan fingerprint density at radius 3 is 1.72 bits per heavy atom. The van der Waals surface area contributed by atoms with Gasteiger partial charge in [0, 0.05) is 42.3 Å². The second-order valence-electron chi connectivity index (χ2n) is 6.11. The maximum absolute atomic E-state index is 5.48. The topological polar surface area (TPSA) is 50.7 Å². The van der Waals surface area contributed by atoms with Crippen LogP contribution in [0.2, 0.25) is 0 Å². The zero-order valence-electron chi connectivity index (χ0n) is 14.0. The van der Waals surface area contributed by atoms with Crippen molar-refractivity contribution >= 4 is 27.6 Å². The molecule has 4 rings (SSSR count). The molecule has 2 fully saturated rings. The first-order chi connectivity index (χ1) is 12.3. The fourth-order valence-corrected chi connectivity index (χ4v) is 3.32. The molecular weight excluding hydrogens is 384 g/mol. The Morgan fingerprint density at radius 1 is 0.760 bits per heavy atom. The summed E-state index contributed by atoms with van der Waals surface area (Å²) in [5.74, 6) is 2.70. The minimum atomic E-state index is 0.741. The molecule has 1 aromatic carbocycles. The molecule has 7 heteroatoms. The molecule has 0 spiro atoms. The van der Waals surface area contributed by atoms with Crippen molar-refractivity contribution < 1.29 is 9.47 Å². The Bertz CT molecular complexity index is 677. The van der Waals surface area contributed by atoms with E-state index in [1.807, 2.05) is 24.3 Å². The Kier molecular flexibility index (Phi) is 5.14. The molecule has 0 N–H and O–H groups in total. The number of hydrogen-bond acceptors (Lipinski definition) is 6. The highest BCUT2D eigenvalue weighted by atomic mass is 79.9. The molecule has 6 nitrogen and oxygen atoms in total. The Hall–Kier alpha value is -1.70. The molecule has 0 bridgehead atoms. The van der Waals surface area contributed by atoms with Crippen LogP contribution in [0.25, 0.3) is 11.4 Å². The van der Waals surface area contributed by atoms with E-state index in [2.05, 4.69) is 31.8 Å². The standard InChI is InChI=1S/C18H21BrN4O2/c19-15-3-1-14(2-4-15)18-20-16(22-5-9-24-10-6-22)13-17(21-18)23-7-11-25-12-8-23/h1-4,13H,5-12H2. The first kappa shape index (κ1) is 16.8.